The van der Waals surface area contributed by atoms with Gasteiger partial charge in [0.25, 0.3) is 5.91 Å². The van der Waals surface area contributed by atoms with Crippen molar-refractivity contribution in [3.05, 3.63) is 66.0 Å². The number of rotatable bonds is 8. The Labute approximate surface area is 168 Å². The van der Waals surface area contributed by atoms with Crippen LogP contribution in [0.25, 0.3) is 16.3 Å². The zero-order valence-electron chi connectivity index (χ0n) is 16.2. The molecule has 0 aliphatic heterocycles. The fraction of sp³-hybridized carbons (Fsp3) is 0.273. The first kappa shape index (κ1) is 20.2. The highest BCUT2D eigenvalue weighted by Gasteiger charge is 2.20. The van der Waals surface area contributed by atoms with Crippen LogP contribution in [0.15, 0.2) is 54.6 Å². The van der Waals surface area contributed by atoms with Crippen molar-refractivity contribution in [2.45, 2.75) is 13.8 Å². The van der Waals surface area contributed by atoms with Gasteiger partial charge in [0.2, 0.25) is 0 Å². The third kappa shape index (κ3) is 4.82. The van der Waals surface area contributed by atoms with E-state index in [-0.39, 0.29) is 11.7 Å². The van der Waals surface area contributed by atoms with Crippen LogP contribution in [0, 0.1) is 5.82 Å². The van der Waals surface area contributed by atoms with Gasteiger partial charge < -0.3 is 4.90 Å². The monoisotopic (exact) mass is 398 g/mol. The summed E-state index contributed by atoms with van der Waals surface area (Å²) in [6, 6.07) is 14.6. The minimum Gasteiger partial charge on any atom is -0.334 e. The number of aromatic nitrogens is 1. The number of hydrogen-bond acceptors (Lipinski definition) is 3. The van der Waals surface area contributed by atoms with Crippen molar-refractivity contribution in [3.63, 3.8) is 0 Å². The number of para-hydroxylation sites is 1. The lowest BCUT2D eigenvalue weighted by atomic mass is 10.2. The number of halogens is 1. The number of nitrogens with one attached hydrogen (secondary N) is 1. The Kier molecular flexibility index (Phi) is 6.90. The standard InChI is InChI=1S/C22H24FN3OS/c1-3-25(4-2)15-16-26(20(27)14-13-17-9-6-5-7-10-17)22-24-21-18(23)11-8-12-19(21)28-22/h5-14H,3-4,15-16H2,1-2H3/p+1/b14-13+. The topological polar surface area (TPSA) is 37.6 Å². The summed E-state index contributed by atoms with van der Waals surface area (Å²) in [6.45, 7) is 7.60. The number of hydrogen-bond donors (Lipinski definition) is 1. The van der Waals surface area contributed by atoms with Crippen molar-refractivity contribution in [1.82, 2.24) is 4.98 Å². The largest absolute Gasteiger partial charge is 0.334 e. The number of amides is 1. The molecule has 1 amide bonds. The molecule has 0 bridgehead atoms. The summed E-state index contributed by atoms with van der Waals surface area (Å²) in [6.07, 6.45) is 3.36. The van der Waals surface area contributed by atoms with Gasteiger partial charge in [-0.05, 0) is 37.6 Å². The number of fused-ring (bicyclic) bond motifs is 1. The maximum Gasteiger partial charge on any atom is 0.252 e. The second-order valence-electron chi connectivity index (χ2n) is 6.52. The maximum absolute atomic E-state index is 14.1. The third-order valence-corrected chi connectivity index (χ3v) is 5.81. The molecule has 1 heterocycles. The fourth-order valence-electron chi connectivity index (χ4n) is 3.01. The molecular formula is C22H25FN3OS+. The van der Waals surface area contributed by atoms with Crippen molar-refractivity contribution < 1.29 is 14.1 Å². The minimum absolute atomic E-state index is 0.144. The van der Waals surface area contributed by atoms with Gasteiger partial charge in [0.15, 0.2) is 5.13 Å². The van der Waals surface area contributed by atoms with E-state index in [9.17, 15) is 9.18 Å². The molecule has 4 nitrogen and oxygen atoms in total. The summed E-state index contributed by atoms with van der Waals surface area (Å²) in [7, 11) is 0. The smallest absolute Gasteiger partial charge is 0.252 e. The molecule has 6 heteroatoms. The normalized spacial score (nSPS) is 11.6. The number of benzene rings is 2. The second kappa shape index (κ2) is 9.57. The average Bonchev–Trinajstić information content (AvgIpc) is 3.15. The van der Waals surface area contributed by atoms with Crippen molar-refractivity contribution in [2.75, 3.05) is 31.1 Å². The molecule has 0 fully saturated rings. The van der Waals surface area contributed by atoms with E-state index in [0.717, 1.165) is 29.9 Å². The van der Waals surface area contributed by atoms with Gasteiger partial charge in [-0.25, -0.2) is 9.37 Å². The molecule has 0 aliphatic rings. The van der Waals surface area contributed by atoms with Crippen LogP contribution in [-0.4, -0.2) is 37.1 Å². The van der Waals surface area contributed by atoms with Crippen molar-refractivity contribution in [1.29, 1.82) is 0 Å². The molecule has 0 atom stereocenters. The summed E-state index contributed by atoms with van der Waals surface area (Å²) in [5.74, 6) is -0.503. The number of carbonyl (C=O) groups is 1. The molecule has 0 radical (unpaired) electrons. The Morgan fingerprint density at radius 1 is 1.14 bits per heavy atom. The summed E-state index contributed by atoms with van der Waals surface area (Å²) in [5, 5.41) is 0.536. The lowest BCUT2D eigenvalue weighted by molar-refractivity contribution is -0.894. The average molecular weight is 399 g/mol. The second-order valence-corrected chi connectivity index (χ2v) is 7.53. The van der Waals surface area contributed by atoms with Gasteiger partial charge in [0.1, 0.15) is 11.3 Å². The van der Waals surface area contributed by atoms with Gasteiger partial charge in [0.05, 0.1) is 30.9 Å². The lowest BCUT2D eigenvalue weighted by Crippen LogP contribution is -3.12. The first-order chi connectivity index (χ1) is 13.6. The predicted octanol–water partition coefficient (Wildman–Crippen LogP) is 3.41. The molecule has 3 aromatic rings. The van der Waals surface area contributed by atoms with E-state index < -0.39 is 0 Å². The highest BCUT2D eigenvalue weighted by Crippen LogP contribution is 2.30. The summed E-state index contributed by atoms with van der Waals surface area (Å²) < 4.78 is 14.8. The number of anilines is 1. The van der Waals surface area contributed by atoms with E-state index >= 15 is 0 Å². The van der Waals surface area contributed by atoms with E-state index in [1.807, 2.05) is 36.4 Å². The van der Waals surface area contributed by atoms with Gasteiger partial charge in [-0.15, -0.1) is 0 Å². The van der Waals surface area contributed by atoms with E-state index in [2.05, 4.69) is 18.8 Å². The van der Waals surface area contributed by atoms with Crippen LogP contribution in [0.5, 0.6) is 0 Å². The highest BCUT2D eigenvalue weighted by molar-refractivity contribution is 7.22. The molecule has 0 saturated carbocycles. The molecule has 0 unspecified atom stereocenters. The molecule has 2 aromatic carbocycles. The molecule has 28 heavy (non-hydrogen) atoms. The number of nitrogens with zero attached hydrogens (tertiary/aromatic N) is 2. The highest BCUT2D eigenvalue weighted by atomic mass is 32.1. The summed E-state index contributed by atoms with van der Waals surface area (Å²) in [5.41, 5.74) is 1.28. The minimum atomic E-state index is -0.360. The molecule has 0 spiro atoms. The first-order valence-corrected chi connectivity index (χ1v) is 10.4. The summed E-state index contributed by atoms with van der Waals surface area (Å²) >= 11 is 1.35. The molecule has 1 aromatic heterocycles. The molecule has 1 N–H and O–H groups in total. The number of likely N-dealkylation sites (N-methyl/N-ethyl adjacent to an activating group) is 1. The molecule has 0 saturated heterocycles. The zero-order chi connectivity index (χ0) is 19.9. The lowest BCUT2D eigenvalue weighted by Gasteiger charge is -2.22. The quantitative estimate of drug-likeness (QED) is 0.591. The molecule has 3 rings (SSSR count). The van der Waals surface area contributed by atoms with Gasteiger partial charge in [-0.1, -0.05) is 47.7 Å². The number of carbonyl (C=O) groups excluding carboxylic acids is 1. The molecule has 146 valence electrons. The van der Waals surface area contributed by atoms with Crippen LogP contribution in [0.2, 0.25) is 0 Å². The van der Waals surface area contributed by atoms with E-state index in [4.69, 9.17) is 0 Å². The van der Waals surface area contributed by atoms with Gasteiger partial charge in [-0.2, -0.15) is 0 Å². The Morgan fingerprint density at radius 2 is 1.89 bits per heavy atom. The van der Waals surface area contributed by atoms with Crippen LogP contribution in [0.4, 0.5) is 9.52 Å². The van der Waals surface area contributed by atoms with Crippen LogP contribution >= 0.6 is 11.3 Å². The van der Waals surface area contributed by atoms with Gasteiger partial charge in [0, 0.05) is 6.08 Å². The van der Waals surface area contributed by atoms with Gasteiger partial charge >= 0.3 is 0 Å². The summed E-state index contributed by atoms with van der Waals surface area (Å²) in [4.78, 5) is 20.5. The molecular weight excluding hydrogens is 373 g/mol. The van der Waals surface area contributed by atoms with Crippen LogP contribution < -0.4 is 9.80 Å². The fourth-order valence-corrected chi connectivity index (χ4v) is 4.03. The Bertz CT molecular complexity index is 951. The third-order valence-electron chi connectivity index (χ3n) is 4.76. The molecule has 0 aliphatic carbocycles. The van der Waals surface area contributed by atoms with E-state index in [1.54, 1.807) is 23.1 Å². The Morgan fingerprint density at radius 3 is 2.57 bits per heavy atom. The van der Waals surface area contributed by atoms with Crippen LogP contribution in [0.1, 0.15) is 19.4 Å². The van der Waals surface area contributed by atoms with Crippen molar-refractivity contribution >= 4 is 38.7 Å². The van der Waals surface area contributed by atoms with Crippen LogP contribution in [0.3, 0.4) is 0 Å². The number of quaternary nitrogens is 1. The Hall–Kier alpha value is -2.57. The maximum atomic E-state index is 14.1. The number of thiazole rings is 1. The van der Waals surface area contributed by atoms with Crippen LogP contribution in [-0.2, 0) is 4.79 Å². The van der Waals surface area contributed by atoms with E-state index in [0.29, 0.717) is 17.2 Å². The Balaban J connectivity index is 1.88. The van der Waals surface area contributed by atoms with Crippen molar-refractivity contribution in [2.24, 2.45) is 0 Å². The zero-order valence-corrected chi connectivity index (χ0v) is 17.0. The predicted molar refractivity (Wildman–Crippen MR) is 114 cm³/mol. The SMILES string of the molecule is CC[NH+](CC)CCN(C(=O)/C=C/c1ccccc1)c1nc2c(F)cccc2s1. The van der Waals surface area contributed by atoms with E-state index in [1.165, 1.54) is 22.3 Å². The first-order valence-electron chi connectivity index (χ1n) is 9.55. The van der Waals surface area contributed by atoms with Gasteiger partial charge in [-0.3, -0.25) is 9.69 Å². The van der Waals surface area contributed by atoms with Crippen molar-refractivity contribution in [3.8, 4) is 0 Å².